The molecule has 0 heterocycles. The highest BCUT2D eigenvalue weighted by Crippen LogP contribution is 2.20. The van der Waals surface area contributed by atoms with Crippen LogP contribution in [-0.2, 0) is 6.42 Å². The molecule has 0 spiro atoms. The average Bonchev–Trinajstić information content (AvgIpc) is 2.29. The van der Waals surface area contributed by atoms with Gasteiger partial charge in [0.2, 0.25) is 0 Å². The molecule has 0 saturated carbocycles. The molecule has 1 aromatic carbocycles. The Morgan fingerprint density at radius 3 is 2.71 bits per heavy atom. The normalized spacial score (nSPS) is 10.6. The number of aryl methyl sites for hydroxylation is 1. The van der Waals surface area contributed by atoms with Crippen LogP contribution >= 0.6 is 11.8 Å². The van der Waals surface area contributed by atoms with Crippen molar-refractivity contribution >= 4 is 17.4 Å². The first kappa shape index (κ1) is 14.4. The summed E-state index contributed by atoms with van der Waals surface area (Å²) in [6, 6.07) is 6.67. The van der Waals surface area contributed by atoms with Crippen LogP contribution in [0.2, 0.25) is 0 Å². The van der Waals surface area contributed by atoms with Crippen molar-refractivity contribution in [3.8, 4) is 0 Å². The van der Waals surface area contributed by atoms with Crippen molar-refractivity contribution in [3.63, 3.8) is 0 Å². The predicted molar refractivity (Wildman–Crippen MR) is 80.2 cm³/mol. The monoisotopic (exact) mass is 252 g/mol. The van der Waals surface area contributed by atoms with E-state index in [9.17, 15) is 0 Å². The third-order valence-corrected chi connectivity index (χ3v) is 3.64. The summed E-state index contributed by atoms with van der Waals surface area (Å²) in [5.74, 6) is 1.23. The van der Waals surface area contributed by atoms with E-state index >= 15 is 0 Å². The second kappa shape index (κ2) is 7.62. The Morgan fingerprint density at radius 2 is 2.12 bits per heavy atom. The van der Waals surface area contributed by atoms with Crippen LogP contribution in [0.1, 0.15) is 17.5 Å². The molecule has 1 aromatic rings. The van der Waals surface area contributed by atoms with Gasteiger partial charge in [-0.3, -0.25) is 0 Å². The van der Waals surface area contributed by atoms with Gasteiger partial charge in [0.1, 0.15) is 0 Å². The topological polar surface area (TPSA) is 29.3 Å². The zero-order valence-corrected chi connectivity index (χ0v) is 12.0. The number of nitrogens with two attached hydrogens (primary N) is 1. The maximum absolute atomic E-state index is 5.58. The van der Waals surface area contributed by atoms with Gasteiger partial charge in [0.05, 0.1) is 0 Å². The van der Waals surface area contributed by atoms with Gasteiger partial charge in [-0.15, -0.1) is 0 Å². The Balaban J connectivity index is 2.63. The third-order valence-electron chi connectivity index (χ3n) is 2.95. The number of thioether (sulfide) groups is 1. The second-order valence-electron chi connectivity index (χ2n) is 4.43. The second-order valence-corrected chi connectivity index (χ2v) is 5.41. The average molecular weight is 252 g/mol. The molecule has 2 nitrogen and oxygen atoms in total. The minimum Gasteiger partial charge on any atom is -0.374 e. The fourth-order valence-corrected chi connectivity index (χ4v) is 2.45. The standard InChI is InChI=1S/C14H24N2S/c1-12-11-13(7-8-15)5-6-14(12)16(2)9-4-10-17-3/h5-6,11H,4,7-10,15H2,1-3H3. The molecule has 0 fully saturated rings. The van der Waals surface area contributed by atoms with Crippen LogP contribution in [0, 0.1) is 6.92 Å². The van der Waals surface area contributed by atoms with Crippen LogP contribution in [0.4, 0.5) is 5.69 Å². The van der Waals surface area contributed by atoms with Crippen LogP contribution in [-0.4, -0.2) is 32.1 Å². The Hall–Kier alpha value is -0.670. The highest BCUT2D eigenvalue weighted by Gasteiger charge is 2.04. The quantitative estimate of drug-likeness (QED) is 0.757. The predicted octanol–water partition coefficient (Wildman–Crippen LogP) is 2.69. The number of rotatable bonds is 7. The molecule has 0 atom stereocenters. The van der Waals surface area contributed by atoms with Gasteiger partial charge in [-0.1, -0.05) is 12.1 Å². The van der Waals surface area contributed by atoms with E-state index in [0.29, 0.717) is 0 Å². The molecular formula is C14H24N2S. The van der Waals surface area contributed by atoms with Gasteiger partial charge in [-0.2, -0.15) is 11.8 Å². The Kier molecular flexibility index (Phi) is 6.45. The number of hydrogen-bond donors (Lipinski definition) is 1. The van der Waals surface area contributed by atoms with Crippen LogP contribution in [0.5, 0.6) is 0 Å². The van der Waals surface area contributed by atoms with Crippen molar-refractivity contribution in [2.45, 2.75) is 19.8 Å². The third kappa shape index (κ3) is 4.60. The summed E-state index contributed by atoms with van der Waals surface area (Å²) in [5.41, 5.74) is 9.61. The molecule has 0 bridgehead atoms. The Labute approximate surface area is 110 Å². The Morgan fingerprint density at radius 1 is 1.35 bits per heavy atom. The van der Waals surface area contributed by atoms with Crippen molar-refractivity contribution < 1.29 is 0 Å². The van der Waals surface area contributed by atoms with Crippen molar-refractivity contribution in [3.05, 3.63) is 29.3 Å². The number of anilines is 1. The Bertz CT molecular complexity index is 339. The van der Waals surface area contributed by atoms with E-state index in [0.717, 1.165) is 19.5 Å². The molecule has 0 aliphatic rings. The summed E-state index contributed by atoms with van der Waals surface area (Å²) in [6.07, 6.45) is 4.37. The molecule has 1 rings (SSSR count). The summed E-state index contributed by atoms with van der Waals surface area (Å²) in [4.78, 5) is 2.35. The van der Waals surface area contributed by atoms with E-state index < -0.39 is 0 Å². The maximum atomic E-state index is 5.58. The smallest absolute Gasteiger partial charge is 0.0393 e. The molecule has 0 amide bonds. The summed E-state index contributed by atoms with van der Waals surface area (Å²) in [6.45, 7) is 4.03. The van der Waals surface area contributed by atoms with Crippen molar-refractivity contribution in [2.24, 2.45) is 5.73 Å². The fraction of sp³-hybridized carbons (Fsp3) is 0.571. The molecule has 0 radical (unpaired) electrons. The van der Waals surface area contributed by atoms with E-state index in [1.807, 2.05) is 11.8 Å². The first-order valence-corrected chi connectivity index (χ1v) is 7.58. The van der Waals surface area contributed by atoms with Gasteiger partial charge in [-0.25, -0.2) is 0 Å². The van der Waals surface area contributed by atoms with Gasteiger partial charge >= 0.3 is 0 Å². The lowest BCUT2D eigenvalue weighted by Gasteiger charge is -2.21. The summed E-state index contributed by atoms with van der Waals surface area (Å²) in [7, 11) is 2.17. The first-order chi connectivity index (χ1) is 8.19. The van der Waals surface area contributed by atoms with Gasteiger partial charge in [0, 0.05) is 19.3 Å². The summed E-state index contributed by atoms with van der Waals surface area (Å²) >= 11 is 1.91. The maximum Gasteiger partial charge on any atom is 0.0393 e. The zero-order chi connectivity index (χ0) is 12.7. The highest BCUT2D eigenvalue weighted by molar-refractivity contribution is 7.98. The molecular weight excluding hydrogens is 228 g/mol. The first-order valence-electron chi connectivity index (χ1n) is 6.18. The molecule has 0 aliphatic heterocycles. The molecule has 3 heteroatoms. The van der Waals surface area contributed by atoms with Crippen molar-refractivity contribution in [1.82, 2.24) is 0 Å². The van der Waals surface area contributed by atoms with E-state index in [1.165, 1.54) is 29.0 Å². The van der Waals surface area contributed by atoms with Gasteiger partial charge in [0.25, 0.3) is 0 Å². The van der Waals surface area contributed by atoms with E-state index in [2.05, 4.69) is 43.3 Å². The van der Waals surface area contributed by atoms with Crippen molar-refractivity contribution in [2.75, 3.05) is 37.0 Å². The van der Waals surface area contributed by atoms with Gasteiger partial charge in [-0.05, 0) is 55.5 Å². The zero-order valence-electron chi connectivity index (χ0n) is 11.2. The van der Waals surface area contributed by atoms with E-state index in [4.69, 9.17) is 5.73 Å². The minimum absolute atomic E-state index is 0.725. The molecule has 17 heavy (non-hydrogen) atoms. The summed E-state index contributed by atoms with van der Waals surface area (Å²) < 4.78 is 0. The molecule has 0 saturated heterocycles. The van der Waals surface area contributed by atoms with Crippen LogP contribution in [0.3, 0.4) is 0 Å². The fourth-order valence-electron chi connectivity index (χ4n) is 2.03. The van der Waals surface area contributed by atoms with E-state index in [-0.39, 0.29) is 0 Å². The van der Waals surface area contributed by atoms with Gasteiger partial charge in [0.15, 0.2) is 0 Å². The summed E-state index contributed by atoms with van der Waals surface area (Å²) in [5, 5.41) is 0. The number of hydrogen-bond acceptors (Lipinski definition) is 3. The minimum atomic E-state index is 0.725. The van der Waals surface area contributed by atoms with Gasteiger partial charge < -0.3 is 10.6 Å². The largest absolute Gasteiger partial charge is 0.374 e. The lowest BCUT2D eigenvalue weighted by molar-refractivity contribution is 0.855. The lowest BCUT2D eigenvalue weighted by Crippen LogP contribution is -2.20. The van der Waals surface area contributed by atoms with Crippen LogP contribution in [0.25, 0.3) is 0 Å². The lowest BCUT2D eigenvalue weighted by atomic mass is 10.1. The number of nitrogens with zero attached hydrogens (tertiary/aromatic N) is 1. The molecule has 0 unspecified atom stereocenters. The highest BCUT2D eigenvalue weighted by atomic mass is 32.2. The molecule has 96 valence electrons. The van der Waals surface area contributed by atoms with E-state index in [1.54, 1.807) is 0 Å². The number of benzene rings is 1. The molecule has 0 aromatic heterocycles. The van der Waals surface area contributed by atoms with Crippen molar-refractivity contribution in [1.29, 1.82) is 0 Å². The van der Waals surface area contributed by atoms with Crippen LogP contribution in [0.15, 0.2) is 18.2 Å². The molecule has 0 aliphatic carbocycles. The SMILES string of the molecule is CSCCCN(C)c1ccc(CCN)cc1C. The molecule has 2 N–H and O–H groups in total. The van der Waals surface area contributed by atoms with Crippen LogP contribution < -0.4 is 10.6 Å².